The number of imidazole rings is 1. The van der Waals surface area contributed by atoms with Gasteiger partial charge in [0.1, 0.15) is 0 Å². The van der Waals surface area contributed by atoms with Crippen LogP contribution in [0.25, 0.3) is 11.0 Å². The van der Waals surface area contributed by atoms with Crippen LogP contribution in [0.4, 0.5) is 5.95 Å². The Hall–Kier alpha value is -2.86. The fraction of sp³-hybridized carbons (Fsp3) is 0.167. The summed E-state index contributed by atoms with van der Waals surface area (Å²) in [6, 6.07) is 14.2. The first kappa shape index (κ1) is 17.0. The molecule has 0 unspecified atom stereocenters. The van der Waals surface area contributed by atoms with Gasteiger partial charge in [0, 0.05) is 23.6 Å². The third kappa shape index (κ3) is 4.58. The van der Waals surface area contributed by atoms with E-state index in [0.29, 0.717) is 29.5 Å². The number of rotatable bonds is 6. The zero-order chi connectivity index (χ0) is 17.6. The Morgan fingerprint density at radius 1 is 1.08 bits per heavy atom. The normalized spacial score (nSPS) is 10.6. The van der Waals surface area contributed by atoms with Crippen LogP contribution in [0.5, 0.6) is 0 Å². The molecule has 2 amide bonds. The second-order valence-corrected chi connectivity index (χ2v) is 5.95. The van der Waals surface area contributed by atoms with Crippen LogP contribution in [-0.2, 0) is 4.79 Å². The highest BCUT2D eigenvalue weighted by Crippen LogP contribution is 2.13. The van der Waals surface area contributed by atoms with E-state index >= 15 is 0 Å². The van der Waals surface area contributed by atoms with Crippen LogP contribution in [0.15, 0.2) is 48.5 Å². The number of carbonyl (C=O) groups excluding carboxylic acids is 2. The molecule has 3 N–H and O–H groups in total. The van der Waals surface area contributed by atoms with E-state index in [4.69, 9.17) is 11.6 Å². The average molecular weight is 357 g/mol. The average Bonchev–Trinajstić information content (AvgIpc) is 3.01. The van der Waals surface area contributed by atoms with E-state index in [0.717, 1.165) is 11.0 Å². The molecule has 7 heteroatoms. The van der Waals surface area contributed by atoms with Crippen molar-refractivity contribution in [2.24, 2.45) is 0 Å². The van der Waals surface area contributed by atoms with Crippen LogP contribution < -0.4 is 10.6 Å². The van der Waals surface area contributed by atoms with E-state index in [1.807, 2.05) is 24.3 Å². The molecule has 0 bridgehead atoms. The van der Waals surface area contributed by atoms with Crippen molar-refractivity contribution in [3.8, 4) is 0 Å². The van der Waals surface area contributed by atoms with Crippen molar-refractivity contribution in [1.82, 2.24) is 15.3 Å². The van der Waals surface area contributed by atoms with Crippen molar-refractivity contribution in [1.29, 1.82) is 0 Å². The highest BCUT2D eigenvalue weighted by molar-refractivity contribution is 6.30. The molecule has 0 atom stereocenters. The predicted molar refractivity (Wildman–Crippen MR) is 97.7 cm³/mol. The Kier molecular flexibility index (Phi) is 5.30. The van der Waals surface area contributed by atoms with Crippen LogP contribution in [0, 0.1) is 0 Å². The molecule has 0 fully saturated rings. The van der Waals surface area contributed by atoms with Crippen molar-refractivity contribution < 1.29 is 9.59 Å². The van der Waals surface area contributed by atoms with Gasteiger partial charge in [-0.1, -0.05) is 23.7 Å². The number of para-hydroxylation sites is 2. The minimum absolute atomic E-state index is 0.153. The van der Waals surface area contributed by atoms with Crippen molar-refractivity contribution in [2.45, 2.75) is 12.8 Å². The molecule has 0 aliphatic carbocycles. The lowest BCUT2D eigenvalue weighted by Gasteiger charge is -2.05. The highest BCUT2D eigenvalue weighted by Gasteiger charge is 2.08. The minimum atomic E-state index is -0.186. The van der Waals surface area contributed by atoms with E-state index in [2.05, 4.69) is 20.6 Å². The lowest BCUT2D eigenvalue weighted by Crippen LogP contribution is -2.25. The van der Waals surface area contributed by atoms with Gasteiger partial charge in [0.05, 0.1) is 11.0 Å². The number of benzene rings is 2. The van der Waals surface area contributed by atoms with E-state index in [1.54, 1.807) is 24.3 Å². The zero-order valence-corrected chi connectivity index (χ0v) is 14.1. The van der Waals surface area contributed by atoms with Gasteiger partial charge in [0.25, 0.3) is 5.91 Å². The van der Waals surface area contributed by atoms with Gasteiger partial charge in [-0.05, 0) is 42.8 Å². The molecule has 3 rings (SSSR count). The van der Waals surface area contributed by atoms with Crippen LogP contribution in [0.3, 0.4) is 0 Å². The third-order valence-electron chi connectivity index (χ3n) is 3.62. The van der Waals surface area contributed by atoms with E-state index in [-0.39, 0.29) is 18.2 Å². The maximum atomic E-state index is 11.9. The predicted octanol–water partition coefficient (Wildman–Crippen LogP) is 3.37. The van der Waals surface area contributed by atoms with Crippen molar-refractivity contribution >= 4 is 40.4 Å². The molecule has 0 saturated heterocycles. The summed E-state index contributed by atoms with van der Waals surface area (Å²) >= 11 is 5.79. The lowest BCUT2D eigenvalue weighted by molar-refractivity contribution is -0.116. The summed E-state index contributed by atoms with van der Waals surface area (Å²) in [6.45, 7) is 0.412. The first-order valence-corrected chi connectivity index (χ1v) is 8.28. The summed E-state index contributed by atoms with van der Waals surface area (Å²) < 4.78 is 0. The number of nitrogens with zero attached hydrogens (tertiary/aromatic N) is 1. The van der Waals surface area contributed by atoms with Crippen LogP contribution in [-0.4, -0.2) is 28.3 Å². The van der Waals surface area contributed by atoms with Crippen molar-refractivity contribution in [3.63, 3.8) is 0 Å². The zero-order valence-electron chi connectivity index (χ0n) is 13.4. The summed E-state index contributed by atoms with van der Waals surface area (Å²) in [7, 11) is 0. The molecule has 6 nitrogen and oxygen atoms in total. The standard InChI is InChI=1S/C18H17ClN4O2/c19-13-9-7-12(8-10-13)17(25)20-11-3-6-16(24)23-18-21-14-4-1-2-5-15(14)22-18/h1-2,4-5,7-10H,3,6,11H2,(H,20,25)(H2,21,22,23,24). The fourth-order valence-electron chi connectivity index (χ4n) is 2.36. The third-order valence-corrected chi connectivity index (χ3v) is 3.87. The number of aromatic amines is 1. The first-order chi connectivity index (χ1) is 12.1. The van der Waals surface area contributed by atoms with Crippen LogP contribution >= 0.6 is 11.6 Å². The highest BCUT2D eigenvalue weighted by atomic mass is 35.5. The number of fused-ring (bicyclic) bond motifs is 1. The van der Waals surface area contributed by atoms with Gasteiger partial charge in [0.2, 0.25) is 11.9 Å². The second-order valence-electron chi connectivity index (χ2n) is 5.52. The first-order valence-electron chi connectivity index (χ1n) is 7.90. The Labute approximate surface area is 149 Å². The van der Waals surface area contributed by atoms with Crippen molar-refractivity contribution in [3.05, 3.63) is 59.1 Å². The largest absolute Gasteiger partial charge is 0.352 e. The molecule has 1 heterocycles. The summed E-state index contributed by atoms with van der Waals surface area (Å²) in [5, 5.41) is 6.08. The number of nitrogens with one attached hydrogen (secondary N) is 3. The molecule has 128 valence electrons. The molecule has 0 saturated carbocycles. The Balaban J connectivity index is 1.41. The topological polar surface area (TPSA) is 86.9 Å². The summed E-state index contributed by atoms with van der Waals surface area (Å²) in [6.07, 6.45) is 0.823. The van der Waals surface area contributed by atoms with Crippen molar-refractivity contribution in [2.75, 3.05) is 11.9 Å². The number of hydrogen-bond donors (Lipinski definition) is 3. The number of carbonyl (C=O) groups is 2. The van der Waals surface area contributed by atoms with E-state index < -0.39 is 0 Å². The lowest BCUT2D eigenvalue weighted by atomic mass is 10.2. The fourth-order valence-corrected chi connectivity index (χ4v) is 2.49. The van der Waals surface area contributed by atoms with Crippen LogP contribution in [0.2, 0.25) is 5.02 Å². The monoisotopic (exact) mass is 356 g/mol. The summed E-state index contributed by atoms with van der Waals surface area (Å²) in [5.41, 5.74) is 2.21. The molecule has 0 aliphatic heterocycles. The van der Waals surface area contributed by atoms with Gasteiger partial charge in [-0.2, -0.15) is 0 Å². The van der Waals surface area contributed by atoms with E-state index in [1.165, 1.54) is 0 Å². The van der Waals surface area contributed by atoms with E-state index in [9.17, 15) is 9.59 Å². The summed E-state index contributed by atoms with van der Waals surface area (Å²) in [4.78, 5) is 31.2. The molecule has 3 aromatic rings. The Bertz CT molecular complexity index is 856. The smallest absolute Gasteiger partial charge is 0.251 e. The number of H-pyrrole nitrogens is 1. The van der Waals surface area contributed by atoms with Gasteiger partial charge in [-0.25, -0.2) is 4.98 Å². The molecule has 25 heavy (non-hydrogen) atoms. The SMILES string of the molecule is O=C(CCCNC(=O)c1ccc(Cl)cc1)Nc1nc2ccccc2[nH]1. The molecular formula is C18H17ClN4O2. The molecule has 1 aromatic heterocycles. The molecular weight excluding hydrogens is 340 g/mol. The number of hydrogen-bond acceptors (Lipinski definition) is 3. The van der Waals surface area contributed by atoms with Crippen LogP contribution in [0.1, 0.15) is 23.2 Å². The van der Waals surface area contributed by atoms with Gasteiger partial charge in [-0.3, -0.25) is 14.9 Å². The van der Waals surface area contributed by atoms with Gasteiger partial charge in [-0.15, -0.1) is 0 Å². The summed E-state index contributed by atoms with van der Waals surface area (Å²) in [5.74, 6) is 0.0885. The molecule has 2 aromatic carbocycles. The quantitative estimate of drug-likeness (QED) is 0.592. The number of amides is 2. The molecule has 0 spiro atoms. The van der Waals surface area contributed by atoms with Gasteiger partial charge < -0.3 is 10.3 Å². The second kappa shape index (κ2) is 7.81. The maximum Gasteiger partial charge on any atom is 0.251 e. The number of halogens is 1. The molecule has 0 aliphatic rings. The number of anilines is 1. The molecule has 0 radical (unpaired) electrons. The minimum Gasteiger partial charge on any atom is -0.352 e. The Morgan fingerprint density at radius 3 is 2.60 bits per heavy atom. The van der Waals surface area contributed by atoms with Gasteiger partial charge in [0.15, 0.2) is 0 Å². The maximum absolute atomic E-state index is 11.9. The Morgan fingerprint density at radius 2 is 1.84 bits per heavy atom. The number of aromatic nitrogens is 2. The van der Waals surface area contributed by atoms with Gasteiger partial charge >= 0.3 is 0 Å².